The number of aryl methyl sites for hydroxylation is 2. The highest BCUT2D eigenvalue weighted by Crippen LogP contribution is 2.19. The molecule has 2 aromatic rings. The zero-order valence-electron chi connectivity index (χ0n) is 9.94. The Morgan fingerprint density at radius 2 is 2.12 bits per heavy atom. The van der Waals surface area contributed by atoms with Gasteiger partial charge in [0.25, 0.3) is 0 Å². The van der Waals surface area contributed by atoms with Gasteiger partial charge >= 0.3 is 0 Å². The second-order valence-corrected chi connectivity index (χ2v) is 4.81. The molecule has 0 bridgehead atoms. The Labute approximate surface area is 109 Å². The number of halogens is 1. The van der Waals surface area contributed by atoms with Crippen molar-refractivity contribution in [1.82, 2.24) is 14.8 Å². The lowest BCUT2D eigenvalue weighted by molar-refractivity contribution is 0.803. The fourth-order valence-electron chi connectivity index (χ4n) is 1.68. The molecule has 5 heteroatoms. The van der Waals surface area contributed by atoms with E-state index in [1.807, 2.05) is 23.7 Å². The predicted molar refractivity (Wildman–Crippen MR) is 71.3 cm³/mol. The van der Waals surface area contributed by atoms with Gasteiger partial charge in [0.2, 0.25) is 0 Å². The minimum absolute atomic E-state index is 0.572. The Kier molecular flexibility index (Phi) is 3.59. The fraction of sp³-hybridized carbons (Fsp3) is 0.333. The van der Waals surface area contributed by atoms with E-state index in [-0.39, 0.29) is 0 Å². The van der Waals surface area contributed by atoms with Gasteiger partial charge in [-0.2, -0.15) is 5.10 Å². The van der Waals surface area contributed by atoms with Gasteiger partial charge in [-0.1, -0.05) is 15.9 Å². The lowest BCUT2D eigenvalue weighted by atomic mass is 10.2. The van der Waals surface area contributed by atoms with Gasteiger partial charge in [-0.05, 0) is 44.2 Å². The molecule has 1 aromatic heterocycles. The monoisotopic (exact) mass is 294 g/mol. The number of hydrogen-bond donors (Lipinski definition) is 1. The molecule has 0 saturated carbocycles. The van der Waals surface area contributed by atoms with E-state index in [9.17, 15) is 0 Å². The Balaban J connectivity index is 2.41. The summed E-state index contributed by atoms with van der Waals surface area (Å²) >= 11 is 3.49. The molecule has 17 heavy (non-hydrogen) atoms. The van der Waals surface area contributed by atoms with Gasteiger partial charge in [-0.25, -0.2) is 9.67 Å². The predicted octanol–water partition coefficient (Wildman–Crippen LogP) is 2.15. The van der Waals surface area contributed by atoms with E-state index in [1.54, 1.807) is 0 Å². The molecule has 0 aliphatic carbocycles. The molecular weight excluding hydrogens is 280 g/mol. The minimum Gasteiger partial charge on any atom is -0.330 e. The summed E-state index contributed by atoms with van der Waals surface area (Å²) in [5, 5.41) is 4.45. The van der Waals surface area contributed by atoms with Crippen molar-refractivity contribution in [3.63, 3.8) is 0 Å². The molecule has 90 valence electrons. The van der Waals surface area contributed by atoms with Crippen LogP contribution in [0.1, 0.15) is 17.2 Å². The molecule has 1 heterocycles. The summed E-state index contributed by atoms with van der Waals surface area (Å²) in [4.78, 5) is 4.39. The van der Waals surface area contributed by atoms with E-state index in [0.717, 1.165) is 21.8 Å². The molecule has 2 N–H and O–H groups in total. The Morgan fingerprint density at radius 1 is 1.35 bits per heavy atom. The van der Waals surface area contributed by atoms with E-state index in [2.05, 4.69) is 39.0 Å². The van der Waals surface area contributed by atoms with E-state index in [1.165, 1.54) is 5.56 Å². The first-order valence-corrected chi connectivity index (χ1v) is 6.30. The Bertz CT molecular complexity index is 533. The van der Waals surface area contributed by atoms with Crippen molar-refractivity contribution in [2.24, 2.45) is 5.73 Å². The molecule has 0 amide bonds. The Hall–Kier alpha value is -1.20. The molecule has 0 spiro atoms. The SMILES string of the molecule is Cc1cc(-n2nc(CCN)nc2C)ccc1Br. The van der Waals surface area contributed by atoms with Crippen molar-refractivity contribution in [2.45, 2.75) is 20.3 Å². The number of hydrogen-bond acceptors (Lipinski definition) is 3. The molecule has 0 aliphatic heterocycles. The molecule has 4 nitrogen and oxygen atoms in total. The maximum absolute atomic E-state index is 5.51. The van der Waals surface area contributed by atoms with E-state index in [0.29, 0.717) is 13.0 Å². The summed E-state index contributed by atoms with van der Waals surface area (Å²) in [6.07, 6.45) is 0.712. The summed E-state index contributed by atoms with van der Waals surface area (Å²) in [6.45, 7) is 4.58. The maximum atomic E-state index is 5.51. The van der Waals surface area contributed by atoms with E-state index < -0.39 is 0 Å². The lowest BCUT2D eigenvalue weighted by Crippen LogP contribution is -2.05. The van der Waals surface area contributed by atoms with Gasteiger partial charge in [-0.15, -0.1) is 0 Å². The maximum Gasteiger partial charge on any atom is 0.152 e. The highest BCUT2D eigenvalue weighted by molar-refractivity contribution is 9.10. The third kappa shape index (κ3) is 2.56. The van der Waals surface area contributed by atoms with Crippen LogP contribution in [0.25, 0.3) is 5.69 Å². The van der Waals surface area contributed by atoms with Crippen LogP contribution in [-0.4, -0.2) is 21.3 Å². The summed E-state index contributed by atoms with van der Waals surface area (Å²) in [5.74, 6) is 1.68. The summed E-state index contributed by atoms with van der Waals surface area (Å²) in [7, 11) is 0. The molecule has 0 radical (unpaired) electrons. The molecule has 0 unspecified atom stereocenters. The number of benzene rings is 1. The van der Waals surface area contributed by atoms with Crippen molar-refractivity contribution >= 4 is 15.9 Å². The number of nitrogens with two attached hydrogens (primary N) is 1. The molecule has 0 fully saturated rings. The summed E-state index contributed by atoms with van der Waals surface area (Å²) in [5.41, 5.74) is 7.71. The lowest BCUT2D eigenvalue weighted by Gasteiger charge is -2.05. The van der Waals surface area contributed by atoms with Gasteiger partial charge in [0.1, 0.15) is 5.82 Å². The first kappa shape index (κ1) is 12.3. The van der Waals surface area contributed by atoms with Crippen LogP contribution in [0.4, 0.5) is 0 Å². The fourth-order valence-corrected chi connectivity index (χ4v) is 1.93. The van der Waals surface area contributed by atoms with E-state index >= 15 is 0 Å². The molecule has 2 rings (SSSR count). The van der Waals surface area contributed by atoms with Gasteiger partial charge in [-0.3, -0.25) is 0 Å². The quantitative estimate of drug-likeness (QED) is 0.944. The average molecular weight is 295 g/mol. The zero-order valence-corrected chi connectivity index (χ0v) is 11.5. The molecule has 0 aliphatic rings. The third-order valence-corrected chi connectivity index (χ3v) is 3.46. The highest BCUT2D eigenvalue weighted by Gasteiger charge is 2.08. The Morgan fingerprint density at radius 3 is 2.76 bits per heavy atom. The smallest absolute Gasteiger partial charge is 0.152 e. The minimum atomic E-state index is 0.572. The highest BCUT2D eigenvalue weighted by atomic mass is 79.9. The second kappa shape index (κ2) is 4.98. The summed E-state index contributed by atoms with van der Waals surface area (Å²) in [6, 6.07) is 6.12. The van der Waals surface area contributed by atoms with Gasteiger partial charge in [0.05, 0.1) is 5.69 Å². The molecule has 1 aromatic carbocycles. The van der Waals surface area contributed by atoms with Crippen molar-refractivity contribution in [3.8, 4) is 5.69 Å². The van der Waals surface area contributed by atoms with Crippen LogP contribution >= 0.6 is 15.9 Å². The van der Waals surface area contributed by atoms with Crippen LogP contribution in [-0.2, 0) is 6.42 Å². The van der Waals surface area contributed by atoms with Gasteiger partial charge in [0, 0.05) is 10.9 Å². The largest absolute Gasteiger partial charge is 0.330 e. The van der Waals surface area contributed by atoms with Gasteiger partial charge < -0.3 is 5.73 Å². The van der Waals surface area contributed by atoms with Crippen LogP contribution in [0.15, 0.2) is 22.7 Å². The number of nitrogens with zero attached hydrogens (tertiary/aromatic N) is 3. The standard InChI is InChI=1S/C12H15BrN4/c1-8-7-10(3-4-11(8)13)17-9(2)15-12(16-17)5-6-14/h3-4,7H,5-6,14H2,1-2H3. The first-order chi connectivity index (χ1) is 8.11. The van der Waals surface area contributed by atoms with Crippen molar-refractivity contribution in [1.29, 1.82) is 0 Å². The zero-order chi connectivity index (χ0) is 12.4. The van der Waals surface area contributed by atoms with E-state index in [4.69, 9.17) is 5.73 Å². The normalized spacial score (nSPS) is 10.8. The number of aromatic nitrogens is 3. The second-order valence-electron chi connectivity index (χ2n) is 3.96. The van der Waals surface area contributed by atoms with Crippen LogP contribution < -0.4 is 5.73 Å². The van der Waals surface area contributed by atoms with Gasteiger partial charge in [0.15, 0.2) is 5.82 Å². The van der Waals surface area contributed by atoms with Crippen LogP contribution in [0.2, 0.25) is 0 Å². The first-order valence-electron chi connectivity index (χ1n) is 5.51. The number of rotatable bonds is 3. The third-order valence-electron chi connectivity index (χ3n) is 2.57. The van der Waals surface area contributed by atoms with Crippen molar-refractivity contribution in [2.75, 3.05) is 6.54 Å². The molecular formula is C12H15BrN4. The topological polar surface area (TPSA) is 56.7 Å². The van der Waals surface area contributed by atoms with Crippen molar-refractivity contribution in [3.05, 3.63) is 39.9 Å². The van der Waals surface area contributed by atoms with Crippen LogP contribution in [0.3, 0.4) is 0 Å². The average Bonchev–Trinajstić information content (AvgIpc) is 2.64. The summed E-state index contributed by atoms with van der Waals surface area (Å²) < 4.78 is 2.95. The van der Waals surface area contributed by atoms with Crippen LogP contribution in [0, 0.1) is 13.8 Å². The molecule has 0 saturated heterocycles. The van der Waals surface area contributed by atoms with Crippen LogP contribution in [0.5, 0.6) is 0 Å². The molecule has 0 atom stereocenters. The van der Waals surface area contributed by atoms with Crippen molar-refractivity contribution < 1.29 is 0 Å².